The van der Waals surface area contributed by atoms with E-state index in [1.165, 1.54) is 0 Å². The van der Waals surface area contributed by atoms with Crippen LogP contribution in [0.1, 0.15) is 41.4 Å². The van der Waals surface area contributed by atoms with Crippen LogP contribution in [0.15, 0.2) is 59.0 Å². The SMILES string of the molecule is O=C(CCC(CC(F)(F)F)c1nc2ccccc2o1)c1ccccc1. The number of hydrogen-bond donors (Lipinski definition) is 0. The predicted octanol–water partition coefficient (Wildman–Crippen LogP) is 5.53. The van der Waals surface area contributed by atoms with Gasteiger partial charge in [0.2, 0.25) is 0 Å². The monoisotopic (exact) mass is 347 g/mol. The number of rotatable bonds is 6. The van der Waals surface area contributed by atoms with Gasteiger partial charge in [0.05, 0.1) is 6.42 Å². The van der Waals surface area contributed by atoms with Gasteiger partial charge in [-0.15, -0.1) is 0 Å². The van der Waals surface area contributed by atoms with Crippen LogP contribution in [0.3, 0.4) is 0 Å². The molecule has 3 nitrogen and oxygen atoms in total. The first-order valence-electron chi connectivity index (χ1n) is 7.93. The average Bonchev–Trinajstić information content (AvgIpc) is 3.02. The number of ketones is 1. The molecule has 0 aliphatic rings. The fraction of sp³-hybridized carbons (Fsp3) is 0.263. The van der Waals surface area contributed by atoms with E-state index in [0.29, 0.717) is 16.7 Å². The Kier molecular flexibility index (Phi) is 4.88. The van der Waals surface area contributed by atoms with Gasteiger partial charge in [0.25, 0.3) is 0 Å². The summed E-state index contributed by atoms with van der Waals surface area (Å²) >= 11 is 0. The number of hydrogen-bond acceptors (Lipinski definition) is 3. The van der Waals surface area contributed by atoms with Crippen molar-refractivity contribution in [2.45, 2.75) is 31.4 Å². The van der Waals surface area contributed by atoms with Crippen molar-refractivity contribution in [2.75, 3.05) is 0 Å². The third kappa shape index (κ3) is 4.47. The number of nitrogens with zero attached hydrogens (tertiary/aromatic N) is 1. The molecule has 0 saturated heterocycles. The van der Waals surface area contributed by atoms with E-state index in [0.717, 1.165) is 0 Å². The summed E-state index contributed by atoms with van der Waals surface area (Å²) < 4.78 is 44.3. The van der Waals surface area contributed by atoms with Gasteiger partial charge in [-0.05, 0) is 18.6 Å². The number of carbonyl (C=O) groups is 1. The number of fused-ring (bicyclic) bond motifs is 1. The molecule has 1 unspecified atom stereocenters. The molecular weight excluding hydrogens is 331 g/mol. The Morgan fingerprint density at radius 3 is 2.40 bits per heavy atom. The molecule has 2 aromatic carbocycles. The number of alkyl halides is 3. The fourth-order valence-electron chi connectivity index (χ4n) is 2.73. The van der Waals surface area contributed by atoms with Crippen LogP contribution >= 0.6 is 0 Å². The first-order valence-corrected chi connectivity index (χ1v) is 7.93. The van der Waals surface area contributed by atoms with Gasteiger partial charge in [0.15, 0.2) is 17.3 Å². The summed E-state index contributed by atoms with van der Waals surface area (Å²) in [6, 6.07) is 15.3. The van der Waals surface area contributed by atoms with Gasteiger partial charge in [-0.25, -0.2) is 4.98 Å². The predicted molar refractivity (Wildman–Crippen MR) is 87.4 cm³/mol. The largest absolute Gasteiger partial charge is 0.440 e. The summed E-state index contributed by atoms with van der Waals surface area (Å²) in [5.74, 6) is -1.15. The van der Waals surface area contributed by atoms with Crippen molar-refractivity contribution in [1.29, 1.82) is 0 Å². The molecule has 0 radical (unpaired) electrons. The molecule has 1 heterocycles. The van der Waals surface area contributed by atoms with E-state index in [1.807, 2.05) is 0 Å². The maximum atomic E-state index is 12.9. The van der Waals surface area contributed by atoms with Crippen LogP contribution in [-0.2, 0) is 0 Å². The van der Waals surface area contributed by atoms with E-state index < -0.39 is 18.5 Å². The Balaban J connectivity index is 1.78. The number of Topliss-reactive ketones (excluding diaryl/α,β-unsaturated/α-hetero) is 1. The zero-order valence-corrected chi connectivity index (χ0v) is 13.3. The Morgan fingerprint density at radius 1 is 1.04 bits per heavy atom. The molecular formula is C19H16F3NO2. The highest BCUT2D eigenvalue weighted by atomic mass is 19.4. The minimum absolute atomic E-state index is 0.00346. The van der Waals surface area contributed by atoms with Crippen LogP contribution in [0.2, 0.25) is 0 Å². The highest BCUT2D eigenvalue weighted by Gasteiger charge is 2.35. The van der Waals surface area contributed by atoms with E-state index in [2.05, 4.69) is 4.98 Å². The van der Waals surface area contributed by atoms with Gasteiger partial charge in [-0.3, -0.25) is 4.79 Å². The molecule has 25 heavy (non-hydrogen) atoms. The number of benzene rings is 2. The van der Waals surface area contributed by atoms with Crippen molar-refractivity contribution in [3.63, 3.8) is 0 Å². The molecule has 0 fully saturated rings. The van der Waals surface area contributed by atoms with Crippen LogP contribution in [0, 0.1) is 0 Å². The topological polar surface area (TPSA) is 43.1 Å². The van der Waals surface area contributed by atoms with Gasteiger partial charge >= 0.3 is 6.18 Å². The molecule has 130 valence electrons. The standard InChI is InChI=1S/C19H16F3NO2/c20-19(21,22)12-14(10-11-16(24)13-6-2-1-3-7-13)18-23-15-8-4-5-9-17(15)25-18/h1-9,14H,10-12H2. The summed E-state index contributed by atoms with van der Waals surface area (Å²) in [5.41, 5.74) is 1.45. The highest BCUT2D eigenvalue weighted by Crippen LogP contribution is 2.35. The lowest BCUT2D eigenvalue weighted by Gasteiger charge is -2.15. The number of para-hydroxylation sites is 2. The van der Waals surface area contributed by atoms with Crippen molar-refractivity contribution in [3.05, 3.63) is 66.1 Å². The maximum absolute atomic E-state index is 12.9. The van der Waals surface area contributed by atoms with Crippen LogP contribution < -0.4 is 0 Å². The van der Waals surface area contributed by atoms with Crippen molar-refractivity contribution in [2.24, 2.45) is 0 Å². The van der Waals surface area contributed by atoms with Gasteiger partial charge in [-0.1, -0.05) is 42.5 Å². The van der Waals surface area contributed by atoms with Crippen LogP contribution in [0.25, 0.3) is 11.1 Å². The lowest BCUT2D eigenvalue weighted by molar-refractivity contribution is -0.140. The highest BCUT2D eigenvalue weighted by molar-refractivity contribution is 5.96. The lowest BCUT2D eigenvalue weighted by atomic mass is 9.95. The first-order chi connectivity index (χ1) is 11.9. The smallest absolute Gasteiger partial charge is 0.389 e. The molecule has 0 spiro atoms. The van der Waals surface area contributed by atoms with Crippen molar-refractivity contribution in [3.8, 4) is 0 Å². The molecule has 0 aliphatic carbocycles. The zero-order valence-electron chi connectivity index (χ0n) is 13.3. The number of aromatic nitrogens is 1. The fourth-order valence-corrected chi connectivity index (χ4v) is 2.73. The van der Waals surface area contributed by atoms with Crippen LogP contribution in [-0.4, -0.2) is 16.9 Å². The number of halogens is 3. The van der Waals surface area contributed by atoms with E-state index in [-0.39, 0.29) is 24.5 Å². The Bertz CT molecular complexity index is 823. The second-order valence-electron chi connectivity index (χ2n) is 5.86. The van der Waals surface area contributed by atoms with E-state index in [9.17, 15) is 18.0 Å². The van der Waals surface area contributed by atoms with Gasteiger partial charge in [0, 0.05) is 17.9 Å². The third-order valence-corrected chi connectivity index (χ3v) is 3.95. The molecule has 3 aromatic rings. The number of carbonyl (C=O) groups excluding carboxylic acids is 1. The summed E-state index contributed by atoms with van der Waals surface area (Å²) in [7, 11) is 0. The van der Waals surface area contributed by atoms with Crippen molar-refractivity contribution >= 4 is 16.9 Å². The Hall–Kier alpha value is -2.63. The molecule has 0 N–H and O–H groups in total. The minimum Gasteiger partial charge on any atom is -0.440 e. The molecule has 0 saturated carbocycles. The Labute approximate surface area is 142 Å². The average molecular weight is 347 g/mol. The molecule has 0 amide bonds. The lowest BCUT2D eigenvalue weighted by Crippen LogP contribution is -2.15. The summed E-state index contributed by atoms with van der Waals surface area (Å²) in [6.45, 7) is 0. The second kappa shape index (κ2) is 7.09. The molecule has 0 bridgehead atoms. The summed E-state index contributed by atoms with van der Waals surface area (Å²) in [6.07, 6.45) is -5.40. The normalized spacial score (nSPS) is 13.1. The molecule has 1 aromatic heterocycles. The van der Waals surface area contributed by atoms with Crippen molar-refractivity contribution in [1.82, 2.24) is 4.98 Å². The molecule has 6 heteroatoms. The number of oxazole rings is 1. The third-order valence-electron chi connectivity index (χ3n) is 3.95. The van der Waals surface area contributed by atoms with E-state index >= 15 is 0 Å². The van der Waals surface area contributed by atoms with Gasteiger partial charge in [0.1, 0.15) is 5.52 Å². The molecule has 3 rings (SSSR count). The van der Waals surface area contributed by atoms with E-state index in [4.69, 9.17) is 4.42 Å². The summed E-state index contributed by atoms with van der Waals surface area (Å²) in [4.78, 5) is 16.4. The second-order valence-corrected chi connectivity index (χ2v) is 5.86. The van der Waals surface area contributed by atoms with E-state index in [1.54, 1.807) is 54.6 Å². The summed E-state index contributed by atoms with van der Waals surface area (Å²) in [5, 5.41) is 0. The van der Waals surface area contributed by atoms with Crippen LogP contribution in [0.5, 0.6) is 0 Å². The minimum atomic E-state index is -4.36. The van der Waals surface area contributed by atoms with Crippen molar-refractivity contribution < 1.29 is 22.4 Å². The molecule has 0 aliphatic heterocycles. The van der Waals surface area contributed by atoms with Crippen LogP contribution in [0.4, 0.5) is 13.2 Å². The Morgan fingerprint density at radius 2 is 1.72 bits per heavy atom. The van der Waals surface area contributed by atoms with Gasteiger partial charge in [-0.2, -0.15) is 13.2 Å². The quantitative estimate of drug-likeness (QED) is 0.551. The molecule has 1 atom stereocenters. The zero-order chi connectivity index (χ0) is 17.9. The van der Waals surface area contributed by atoms with Gasteiger partial charge < -0.3 is 4.42 Å². The maximum Gasteiger partial charge on any atom is 0.389 e. The first kappa shape index (κ1) is 17.2.